The van der Waals surface area contributed by atoms with Gasteiger partial charge >= 0.3 is 0 Å². The van der Waals surface area contributed by atoms with Crippen LogP contribution in [0.2, 0.25) is 0 Å². The number of benzene rings is 10. The molecule has 0 unspecified atom stereocenters. The van der Waals surface area contributed by atoms with E-state index in [1.54, 1.807) is 0 Å². The van der Waals surface area contributed by atoms with Crippen molar-refractivity contribution in [1.29, 1.82) is 0 Å². The van der Waals surface area contributed by atoms with Crippen molar-refractivity contribution in [3.8, 4) is 55.6 Å². The molecule has 242 valence electrons. The largest absolute Gasteiger partial charge is 0.0725 e. The van der Waals surface area contributed by atoms with Crippen molar-refractivity contribution in [1.82, 2.24) is 0 Å². The van der Waals surface area contributed by atoms with Crippen molar-refractivity contribution in [2.24, 2.45) is 0 Å². The second-order valence-corrected chi connectivity index (χ2v) is 15.1. The molecule has 0 saturated carbocycles. The number of rotatable bonds is 1. The summed E-state index contributed by atoms with van der Waals surface area (Å²) < 4.78 is 0. The first-order valence-electron chi connectivity index (χ1n) is 18.7. The van der Waals surface area contributed by atoms with Crippen LogP contribution in [-0.2, 0) is 5.41 Å². The second-order valence-electron chi connectivity index (χ2n) is 15.1. The van der Waals surface area contributed by atoms with Gasteiger partial charge in [0.2, 0.25) is 0 Å². The molecule has 0 amide bonds. The predicted molar refractivity (Wildman–Crippen MR) is 223 cm³/mol. The van der Waals surface area contributed by atoms with E-state index in [0.717, 1.165) is 0 Å². The second kappa shape index (κ2) is 9.76. The molecule has 10 aromatic carbocycles. The molecule has 0 nitrogen and oxygen atoms in total. The Labute approximate surface area is 307 Å². The van der Waals surface area contributed by atoms with Gasteiger partial charge < -0.3 is 0 Å². The summed E-state index contributed by atoms with van der Waals surface area (Å²) in [7, 11) is 0. The Morgan fingerprint density at radius 3 is 1.55 bits per heavy atom. The molecular formula is C53H30. The number of hydrogen-bond donors (Lipinski definition) is 0. The van der Waals surface area contributed by atoms with Gasteiger partial charge in [0.25, 0.3) is 0 Å². The summed E-state index contributed by atoms with van der Waals surface area (Å²) >= 11 is 0. The summed E-state index contributed by atoms with van der Waals surface area (Å²) in [6.45, 7) is 0. The van der Waals surface area contributed by atoms with Crippen LogP contribution in [0.5, 0.6) is 0 Å². The first-order valence-corrected chi connectivity index (χ1v) is 18.7. The van der Waals surface area contributed by atoms with E-state index in [0.29, 0.717) is 0 Å². The van der Waals surface area contributed by atoms with Crippen LogP contribution < -0.4 is 0 Å². The van der Waals surface area contributed by atoms with E-state index in [1.165, 1.54) is 121 Å². The van der Waals surface area contributed by atoms with E-state index >= 15 is 0 Å². The van der Waals surface area contributed by atoms with Crippen molar-refractivity contribution < 1.29 is 0 Å². The highest BCUT2D eigenvalue weighted by Crippen LogP contribution is 2.65. The van der Waals surface area contributed by atoms with E-state index in [1.807, 2.05) is 0 Å². The first-order chi connectivity index (χ1) is 26.3. The van der Waals surface area contributed by atoms with Crippen molar-refractivity contribution >= 4 is 43.1 Å². The Balaban J connectivity index is 1.12. The minimum Gasteiger partial charge on any atom is -0.0619 e. The summed E-state index contributed by atoms with van der Waals surface area (Å²) in [5, 5.41) is 10.5. The van der Waals surface area contributed by atoms with Crippen LogP contribution in [0.3, 0.4) is 0 Å². The molecule has 0 fully saturated rings. The topological polar surface area (TPSA) is 0 Å². The highest BCUT2D eigenvalue weighted by Gasteiger charge is 2.52. The van der Waals surface area contributed by atoms with Gasteiger partial charge in [-0.15, -0.1) is 0 Å². The lowest BCUT2D eigenvalue weighted by Gasteiger charge is -2.30. The van der Waals surface area contributed by atoms with Gasteiger partial charge in [0.1, 0.15) is 0 Å². The molecule has 1 spiro atoms. The van der Waals surface area contributed by atoms with E-state index in [4.69, 9.17) is 0 Å². The molecule has 0 bridgehead atoms. The van der Waals surface area contributed by atoms with Gasteiger partial charge in [-0.05, 0) is 145 Å². The zero-order valence-corrected chi connectivity index (χ0v) is 28.8. The molecule has 3 aliphatic rings. The summed E-state index contributed by atoms with van der Waals surface area (Å²) in [5.74, 6) is 0. The van der Waals surface area contributed by atoms with E-state index in [9.17, 15) is 0 Å². The van der Waals surface area contributed by atoms with Gasteiger partial charge in [0.05, 0.1) is 5.41 Å². The summed E-state index contributed by atoms with van der Waals surface area (Å²) in [6.07, 6.45) is 0. The van der Waals surface area contributed by atoms with Crippen molar-refractivity contribution in [3.63, 3.8) is 0 Å². The van der Waals surface area contributed by atoms with Gasteiger partial charge in [0.15, 0.2) is 0 Å². The van der Waals surface area contributed by atoms with Crippen LogP contribution in [0.25, 0.3) is 98.7 Å². The minimum atomic E-state index is -0.371. The maximum absolute atomic E-state index is 2.58. The quantitative estimate of drug-likeness (QED) is 0.153. The van der Waals surface area contributed by atoms with Gasteiger partial charge in [-0.2, -0.15) is 0 Å². The molecule has 0 N–H and O–H groups in total. The minimum absolute atomic E-state index is 0.371. The first kappa shape index (κ1) is 27.9. The molecule has 0 aromatic heterocycles. The fraction of sp³-hybridized carbons (Fsp3) is 0.0189. The maximum Gasteiger partial charge on any atom is 0.0725 e. The van der Waals surface area contributed by atoms with E-state index in [-0.39, 0.29) is 5.41 Å². The number of fused-ring (bicyclic) bond motifs is 18. The third-order valence-corrected chi connectivity index (χ3v) is 12.8. The highest BCUT2D eigenvalue weighted by atomic mass is 14.5. The van der Waals surface area contributed by atoms with Crippen molar-refractivity contribution in [2.45, 2.75) is 5.41 Å². The lowest BCUT2D eigenvalue weighted by Crippen LogP contribution is -2.25. The molecule has 10 aromatic rings. The lowest BCUT2D eigenvalue weighted by atomic mass is 9.70. The summed E-state index contributed by atoms with van der Waals surface area (Å²) in [6, 6.07) is 68.9. The van der Waals surface area contributed by atoms with Crippen molar-refractivity contribution in [3.05, 3.63) is 204 Å². The zero-order chi connectivity index (χ0) is 34.4. The Kier molecular flexibility index (Phi) is 5.14. The molecule has 0 radical (unpaired) electrons. The summed E-state index contributed by atoms with van der Waals surface area (Å²) in [5.41, 5.74) is 18.5. The normalized spacial score (nSPS) is 13.8. The highest BCUT2D eigenvalue weighted by molar-refractivity contribution is 6.24. The van der Waals surface area contributed by atoms with Gasteiger partial charge in [-0.25, -0.2) is 0 Å². The average molecular weight is 667 g/mol. The molecule has 0 heteroatoms. The fourth-order valence-corrected chi connectivity index (χ4v) is 10.8. The molecule has 53 heavy (non-hydrogen) atoms. The maximum atomic E-state index is 2.58. The van der Waals surface area contributed by atoms with E-state index in [2.05, 4.69) is 182 Å². The Morgan fingerprint density at radius 1 is 0.245 bits per heavy atom. The van der Waals surface area contributed by atoms with E-state index < -0.39 is 0 Å². The molecule has 13 rings (SSSR count). The van der Waals surface area contributed by atoms with Gasteiger partial charge in [-0.1, -0.05) is 158 Å². The smallest absolute Gasteiger partial charge is 0.0619 e. The number of hydrogen-bond acceptors (Lipinski definition) is 0. The lowest BCUT2D eigenvalue weighted by molar-refractivity contribution is 0.795. The van der Waals surface area contributed by atoms with Crippen LogP contribution in [-0.4, -0.2) is 0 Å². The third kappa shape index (κ3) is 3.29. The standard InChI is InChI=1S/C53H30/c1-2-15-33-31(13-1)27-43(35-17-4-3-16-34(33)35)36-21-11-14-32-28-44-45(29-42(32)36)39-22-12-23-41-51(39)46(44)30-50-52(41)40-20-7-10-26-49(40)53(50)47-24-8-5-18-37(47)38-19-6-9-25-48(38)53/h1-30H. The molecule has 3 aliphatic carbocycles. The SMILES string of the molecule is c1ccc2c(c1)-c1ccccc1C21c2ccccc2-c2c1cc1c3c(cccc23)-c2cc3c(-c4cc5ccccc5c5ccccc45)cccc3cc2-1. The Morgan fingerprint density at radius 2 is 0.755 bits per heavy atom. The fourth-order valence-electron chi connectivity index (χ4n) is 10.8. The van der Waals surface area contributed by atoms with Crippen molar-refractivity contribution in [2.75, 3.05) is 0 Å². The molecule has 0 aliphatic heterocycles. The van der Waals surface area contributed by atoms with Crippen LogP contribution >= 0.6 is 0 Å². The monoisotopic (exact) mass is 666 g/mol. The van der Waals surface area contributed by atoms with Crippen LogP contribution in [0, 0.1) is 0 Å². The van der Waals surface area contributed by atoms with Gasteiger partial charge in [0, 0.05) is 0 Å². The Hall–Kier alpha value is -6.76. The predicted octanol–water partition coefficient (Wildman–Crippen LogP) is 14.0. The molecular weight excluding hydrogens is 637 g/mol. The Bertz CT molecular complexity index is 3240. The average Bonchev–Trinajstić information content (AvgIpc) is 3.82. The molecule has 0 atom stereocenters. The van der Waals surface area contributed by atoms with Crippen LogP contribution in [0.15, 0.2) is 182 Å². The molecule has 0 saturated heterocycles. The third-order valence-electron chi connectivity index (χ3n) is 12.8. The van der Waals surface area contributed by atoms with Crippen LogP contribution in [0.1, 0.15) is 22.3 Å². The summed E-state index contributed by atoms with van der Waals surface area (Å²) in [4.78, 5) is 0. The van der Waals surface area contributed by atoms with Crippen LogP contribution in [0.4, 0.5) is 0 Å². The zero-order valence-electron chi connectivity index (χ0n) is 28.8. The van der Waals surface area contributed by atoms with Gasteiger partial charge in [-0.3, -0.25) is 0 Å². The molecule has 0 heterocycles.